The summed E-state index contributed by atoms with van der Waals surface area (Å²) in [7, 11) is -4.33. The Balaban J connectivity index is 1.51. The smallest absolute Gasteiger partial charge is 0.350 e. The minimum atomic E-state index is -4.33. The van der Waals surface area contributed by atoms with E-state index < -0.39 is 38.4 Å². The van der Waals surface area contributed by atoms with Gasteiger partial charge in [0.15, 0.2) is 11.5 Å². The van der Waals surface area contributed by atoms with Gasteiger partial charge in [-0.15, -0.1) is 0 Å². The Morgan fingerprint density at radius 1 is 1.24 bits per heavy atom. The fourth-order valence-corrected chi connectivity index (χ4v) is 4.16. The highest BCUT2D eigenvalue weighted by Crippen LogP contribution is 2.37. The van der Waals surface area contributed by atoms with E-state index in [9.17, 15) is 14.8 Å². The average Bonchev–Trinajstić information content (AvgIpc) is 3.37. The summed E-state index contributed by atoms with van der Waals surface area (Å²) >= 11 is 0. The molecule has 12 nitrogen and oxygen atoms in total. The van der Waals surface area contributed by atoms with Gasteiger partial charge in [-0.1, -0.05) is 12.8 Å². The Kier molecular flexibility index (Phi) is 5.85. The van der Waals surface area contributed by atoms with Crippen LogP contribution in [0.1, 0.15) is 37.5 Å². The van der Waals surface area contributed by atoms with E-state index in [1.165, 1.54) is 29.9 Å². The van der Waals surface area contributed by atoms with Crippen molar-refractivity contribution < 1.29 is 34.0 Å². The van der Waals surface area contributed by atoms with Gasteiger partial charge in [-0.05, 0) is 12.8 Å². The summed E-state index contributed by atoms with van der Waals surface area (Å²) in [5, 5.41) is 28.3. The van der Waals surface area contributed by atoms with Crippen molar-refractivity contribution >= 4 is 19.1 Å². The topological polar surface area (TPSA) is 172 Å². The zero-order valence-corrected chi connectivity index (χ0v) is 16.4. The standard InChI is InChI=1S/C16H24N5O7P/c22-12-11(6-27-8-29(24,25)26)28-14(13(12)23)10-5-17-16-15(18-7-19-21(10)16)20-9-3-1-2-4-9/h5,7,9,11-14,22-23H,1-4,6,8H2,(H,18,19,20)(H2,24,25,26)/t11-,12-,13-,14+/m1/s1. The number of aliphatic hydroxyl groups excluding tert-OH is 2. The first-order valence-electron chi connectivity index (χ1n) is 9.42. The molecule has 2 aromatic rings. The van der Waals surface area contributed by atoms with Gasteiger partial charge >= 0.3 is 7.60 Å². The van der Waals surface area contributed by atoms with Crippen LogP contribution in [0.15, 0.2) is 12.5 Å². The number of imidazole rings is 1. The summed E-state index contributed by atoms with van der Waals surface area (Å²) in [6.07, 6.45) is 2.11. The molecule has 29 heavy (non-hydrogen) atoms. The Labute approximate surface area is 166 Å². The molecule has 0 bridgehead atoms. The predicted octanol–water partition coefficient (Wildman–Crippen LogP) is -0.208. The number of rotatable bonds is 7. The number of nitrogens with one attached hydrogen (secondary N) is 1. The molecule has 4 rings (SSSR count). The lowest BCUT2D eigenvalue weighted by molar-refractivity contribution is -0.0402. The molecule has 1 saturated carbocycles. The molecule has 1 saturated heterocycles. The van der Waals surface area contributed by atoms with Gasteiger partial charge in [0, 0.05) is 6.04 Å². The van der Waals surface area contributed by atoms with Gasteiger partial charge in [-0.3, -0.25) is 4.57 Å². The minimum absolute atomic E-state index is 0.278. The molecule has 1 aliphatic carbocycles. The van der Waals surface area contributed by atoms with E-state index in [1.807, 2.05) is 0 Å². The van der Waals surface area contributed by atoms with Crippen LogP contribution in [0.5, 0.6) is 0 Å². The summed E-state index contributed by atoms with van der Waals surface area (Å²) < 4.78 is 23.0. The van der Waals surface area contributed by atoms with Gasteiger partial charge in [0.25, 0.3) is 0 Å². The number of hydrogen-bond donors (Lipinski definition) is 5. The Morgan fingerprint density at radius 3 is 2.72 bits per heavy atom. The second-order valence-corrected chi connectivity index (χ2v) is 8.98. The number of aromatic nitrogens is 4. The van der Waals surface area contributed by atoms with Crippen LogP contribution in [0.2, 0.25) is 0 Å². The van der Waals surface area contributed by atoms with Crippen molar-refractivity contribution in [1.29, 1.82) is 0 Å². The molecule has 2 aliphatic rings. The molecule has 4 atom stereocenters. The molecular weight excluding hydrogens is 405 g/mol. The highest BCUT2D eigenvalue weighted by molar-refractivity contribution is 7.51. The third-order valence-electron chi connectivity index (χ3n) is 5.22. The van der Waals surface area contributed by atoms with Crippen LogP contribution >= 0.6 is 7.60 Å². The van der Waals surface area contributed by atoms with Crippen molar-refractivity contribution in [1.82, 2.24) is 19.6 Å². The molecule has 0 aromatic carbocycles. The summed E-state index contributed by atoms with van der Waals surface area (Å²) in [6.45, 7) is -0.278. The number of ether oxygens (including phenoxy) is 2. The second kappa shape index (κ2) is 8.23. The minimum Gasteiger partial charge on any atom is -0.387 e. The molecule has 0 amide bonds. The van der Waals surface area contributed by atoms with E-state index in [1.54, 1.807) is 0 Å². The summed E-state index contributed by atoms with van der Waals surface area (Å²) in [5.74, 6) is 0.590. The van der Waals surface area contributed by atoms with Crippen LogP contribution in [0, 0.1) is 0 Å². The largest absolute Gasteiger partial charge is 0.387 e. The lowest BCUT2D eigenvalue weighted by atomic mass is 10.1. The molecule has 2 fully saturated rings. The van der Waals surface area contributed by atoms with Gasteiger partial charge in [0.2, 0.25) is 0 Å². The zero-order chi connectivity index (χ0) is 20.6. The van der Waals surface area contributed by atoms with Crippen molar-refractivity contribution in [2.24, 2.45) is 0 Å². The normalized spacial score (nSPS) is 28.4. The zero-order valence-electron chi connectivity index (χ0n) is 15.5. The Bertz CT molecular complexity index is 899. The van der Waals surface area contributed by atoms with Crippen molar-refractivity contribution in [2.75, 3.05) is 18.3 Å². The van der Waals surface area contributed by atoms with Crippen LogP contribution < -0.4 is 5.32 Å². The molecule has 0 unspecified atom stereocenters. The third-order valence-corrected chi connectivity index (χ3v) is 5.74. The molecule has 5 N–H and O–H groups in total. The van der Waals surface area contributed by atoms with Gasteiger partial charge in [0.05, 0.1) is 18.5 Å². The van der Waals surface area contributed by atoms with Crippen LogP contribution in [0.3, 0.4) is 0 Å². The summed E-state index contributed by atoms with van der Waals surface area (Å²) in [5.41, 5.74) is 0.918. The van der Waals surface area contributed by atoms with Crippen LogP contribution in [0.25, 0.3) is 5.65 Å². The third kappa shape index (κ3) is 4.43. The maximum Gasteiger partial charge on any atom is 0.350 e. The van der Waals surface area contributed by atoms with Crippen molar-refractivity contribution in [3.05, 3.63) is 18.2 Å². The SMILES string of the molecule is O=P(O)(O)COC[C@H]1O[C@@H](c2cnc3c(NC4CCCC4)ncnn23)[C@H](O)[C@@H]1O. The Morgan fingerprint density at radius 2 is 2.00 bits per heavy atom. The second-order valence-electron chi connectivity index (χ2n) is 7.39. The molecule has 1 aliphatic heterocycles. The molecular formula is C16H24N5O7P. The van der Waals surface area contributed by atoms with E-state index in [2.05, 4.69) is 20.4 Å². The van der Waals surface area contributed by atoms with Gasteiger partial charge < -0.3 is 34.8 Å². The highest BCUT2D eigenvalue weighted by Gasteiger charge is 2.45. The monoisotopic (exact) mass is 429 g/mol. The molecule has 3 heterocycles. The molecule has 0 spiro atoms. The number of nitrogens with zero attached hydrogens (tertiary/aromatic N) is 4. The van der Waals surface area contributed by atoms with Crippen LogP contribution in [-0.4, -0.2) is 76.9 Å². The quantitative estimate of drug-likeness (QED) is 0.369. The van der Waals surface area contributed by atoms with E-state index in [0.29, 0.717) is 23.2 Å². The van der Waals surface area contributed by atoms with Crippen molar-refractivity contribution in [2.45, 2.75) is 56.1 Å². The van der Waals surface area contributed by atoms with Gasteiger partial charge in [-0.25, -0.2) is 14.5 Å². The average molecular weight is 429 g/mol. The lowest BCUT2D eigenvalue weighted by Gasteiger charge is -2.15. The first kappa shape index (κ1) is 20.6. The maximum atomic E-state index is 10.9. The Hall–Kier alpha value is -1.66. The number of anilines is 1. The lowest BCUT2D eigenvalue weighted by Crippen LogP contribution is -2.33. The van der Waals surface area contributed by atoms with E-state index in [4.69, 9.17) is 19.3 Å². The molecule has 0 radical (unpaired) electrons. The van der Waals surface area contributed by atoms with E-state index in [0.717, 1.165) is 12.8 Å². The van der Waals surface area contributed by atoms with E-state index >= 15 is 0 Å². The fraction of sp³-hybridized carbons (Fsp3) is 0.688. The van der Waals surface area contributed by atoms with E-state index in [-0.39, 0.29) is 6.61 Å². The summed E-state index contributed by atoms with van der Waals surface area (Å²) in [6, 6.07) is 0.333. The molecule has 2 aromatic heterocycles. The summed E-state index contributed by atoms with van der Waals surface area (Å²) in [4.78, 5) is 26.3. The first-order valence-corrected chi connectivity index (χ1v) is 11.2. The van der Waals surface area contributed by atoms with Crippen molar-refractivity contribution in [3.63, 3.8) is 0 Å². The van der Waals surface area contributed by atoms with Crippen molar-refractivity contribution in [3.8, 4) is 0 Å². The van der Waals surface area contributed by atoms with Crippen LogP contribution in [0.4, 0.5) is 5.82 Å². The predicted molar refractivity (Wildman–Crippen MR) is 99.2 cm³/mol. The molecule has 160 valence electrons. The number of fused-ring (bicyclic) bond motifs is 1. The first-order chi connectivity index (χ1) is 13.8. The van der Waals surface area contributed by atoms with Gasteiger partial charge in [0.1, 0.15) is 37.1 Å². The molecule has 13 heteroatoms. The number of aliphatic hydroxyl groups is 2. The maximum absolute atomic E-state index is 10.9. The van der Waals surface area contributed by atoms with Crippen LogP contribution in [-0.2, 0) is 14.0 Å². The highest BCUT2D eigenvalue weighted by atomic mass is 31.2. The number of hydrogen-bond acceptors (Lipinski definition) is 9. The fourth-order valence-electron chi connectivity index (χ4n) is 3.81. The van der Waals surface area contributed by atoms with Gasteiger partial charge in [-0.2, -0.15) is 5.10 Å².